The molecule has 2 amide bonds. The number of methoxy groups -OCH3 is 2. The number of rotatable bonds is 6. The Morgan fingerprint density at radius 3 is 2.24 bits per heavy atom. The first-order valence-electron chi connectivity index (χ1n) is 7.65. The smallest absolute Gasteiger partial charge is 0.314 e. The first-order valence-corrected chi connectivity index (χ1v) is 7.65. The van der Waals surface area contributed by atoms with E-state index >= 15 is 0 Å². The average Bonchev–Trinajstić information content (AvgIpc) is 2.63. The summed E-state index contributed by atoms with van der Waals surface area (Å²) in [5.41, 5.74) is 0.840. The largest absolute Gasteiger partial charge is 0.493 e. The van der Waals surface area contributed by atoms with E-state index in [1.807, 2.05) is 6.92 Å². The molecule has 0 unspecified atom stereocenters. The quantitative estimate of drug-likeness (QED) is 0.787. The second-order valence-corrected chi connectivity index (χ2v) is 4.91. The van der Waals surface area contributed by atoms with Crippen molar-refractivity contribution in [2.24, 2.45) is 0 Å². The first-order chi connectivity index (χ1) is 12.1. The van der Waals surface area contributed by atoms with Crippen molar-refractivity contribution in [3.05, 3.63) is 42.5 Å². The SMILES string of the molecule is CCOc1ccccc1NC(=O)C(=O)Nc1ccc(OC)c(OC)c1. The monoisotopic (exact) mass is 344 g/mol. The Labute approximate surface area is 145 Å². The zero-order valence-electron chi connectivity index (χ0n) is 14.3. The van der Waals surface area contributed by atoms with Gasteiger partial charge in [-0.05, 0) is 31.2 Å². The number of nitrogens with one attached hydrogen (secondary N) is 2. The lowest BCUT2D eigenvalue weighted by molar-refractivity contribution is -0.133. The van der Waals surface area contributed by atoms with Crippen LogP contribution < -0.4 is 24.8 Å². The zero-order valence-corrected chi connectivity index (χ0v) is 14.3. The summed E-state index contributed by atoms with van der Waals surface area (Å²) < 4.78 is 15.7. The van der Waals surface area contributed by atoms with E-state index in [-0.39, 0.29) is 0 Å². The number of ether oxygens (including phenoxy) is 3. The summed E-state index contributed by atoms with van der Waals surface area (Å²) in [6.07, 6.45) is 0. The molecule has 0 aliphatic rings. The third kappa shape index (κ3) is 4.63. The number of hydrogen-bond acceptors (Lipinski definition) is 5. The molecule has 2 aromatic rings. The minimum atomic E-state index is -0.807. The van der Waals surface area contributed by atoms with Gasteiger partial charge in [-0.2, -0.15) is 0 Å². The molecule has 7 heteroatoms. The fourth-order valence-electron chi connectivity index (χ4n) is 2.13. The van der Waals surface area contributed by atoms with Gasteiger partial charge in [0.2, 0.25) is 0 Å². The van der Waals surface area contributed by atoms with Crippen LogP contribution in [0, 0.1) is 0 Å². The molecule has 2 rings (SSSR count). The molecule has 25 heavy (non-hydrogen) atoms. The van der Waals surface area contributed by atoms with Crippen LogP contribution in [0.25, 0.3) is 0 Å². The van der Waals surface area contributed by atoms with Crippen LogP contribution in [0.1, 0.15) is 6.92 Å². The lowest BCUT2D eigenvalue weighted by Crippen LogP contribution is -2.29. The normalized spacial score (nSPS) is 9.88. The highest BCUT2D eigenvalue weighted by Crippen LogP contribution is 2.29. The Bertz CT molecular complexity index is 761. The van der Waals surface area contributed by atoms with Gasteiger partial charge in [-0.3, -0.25) is 9.59 Å². The zero-order chi connectivity index (χ0) is 18.2. The Balaban J connectivity index is 2.07. The molecule has 0 heterocycles. The maximum Gasteiger partial charge on any atom is 0.314 e. The van der Waals surface area contributed by atoms with Crippen molar-refractivity contribution in [3.8, 4) is 17.2 Å². The molecular weight excluding hydrogens is 324 g/mol. The van der Waals surface area contributed by atoms with Crippen LogP contribution in [0.3, 0.4) is 0 Å². The van der Waals surface area contributed by atoms with Crippen LogP contribution in [0.4, 0.5) is 11.4 Å². The van der Waals surface area contributed by atoms with Crippen molar-refractivity contribution >= 4 is 23.2 Å². The molecule has 0 aliphatic heterocycles. The van der Waals surface area contributed by atoms with E-state index in [1.54, 1.807) is 42.5 Å². The predicted molar refractivity (Wildman–Crippen MR) is 94.4 cm³/mol. The van der Waals surface area contributed by atoms with Gasteiger partial charge in [0.25, 0.3) is 0 Å². The highest BCUT2D eigenvalue weighted by Gasteiger charge is 2.17. The Kier molecular flexibility index (Phi) is 6.22. The van der Waals surface area contributed by atoms with Gasteiger partial charge in [0.1, 0.15) is 5.75 Å². The van der Waals surface area contributed by atoms with Crippen LogP contribution in [0.5, 0.6) is 17.2 Å². The molecule has 2 aromatic carbocycles. The minimum absolute atomic E-state index is 0.413. The minimum Gasteiger partial charge on any atom is -0.493 e. The second-order valence-electron chi connectivity index (χ2n) is 4.91. The van der Waals surface area contributed by atoms with Gasteiger partial charge in [-0.25, -0.2) is 0 Å². The molecule has 132 valence electrons. The molecule has 0 spiro atoms. The van der Waals surface area contributed by atoms with Crippen molar-refractivity contribution < 1.29 is 23.8 Å². The molecule has 0 saturated carbocycles. The summed E-state index contributed by atoms with van der Waals surface area (Å²) >= 11 is 0. The number of benzene rings is 2. The van der Waals surface area contributed by atoms with Gasteiger partial charge in [-0.15, -0.1) is 0 Å². The third-order valence-electron chi connectivity index (χ3n) is 3.28. The van der Waals surface area contributed by atoms with E-state index in [0.717, 1.165) is 0 Å². The lowest BCUT2D eigenvalue weighted by atomic mass is 10.2. The predicted octanol–water partition coefficient (Wildman–Crippen LogP) is 2.68. The summed E-state index contributed by atoms with van der Waals surface area (Å²) in [4.78, 5) is 24.2. The van der Waals surface area contributed by atoms with Gasteiger partial charge >= 0.3 is 11.8 Å². The van der Waals surface area contributed by atoms with Gasteiger partial charge in [0.05, 0.1) is 26.5 Å². The van der Waals surface area contributed by atoms with Crippen LogP contribution >= 0.6 is 0 Å². The molecule has 0 aliphatic carbocycles. The second kappa shape index (κ2) is 8.58. The van der Waals surface area contributed by atoms with Crippen molar-refractivity contribution in [2.75, 3.05) is 31.5 Å². The van der Waals surface area contributed by atoms with E-state index in [9.17, 15) is 9.59 Å². The fraction of sp³-hybridized carbons (Fsp3) is 0.222. The molecule has 0 bridgehead atoms. The van der Waals surface area contributed by atoms with Gasteiger partial charge in [-0.1, -0.05) is 12.1 Å². The van der Waals surface area contributed by atoms with Gasteiger partial charge in [0.15, 0.2) is 11.5 Å². The molecule has 2 N–H and O–H groups in total. The van der Waals surface area contributed by atoms with Crippen LogP contribution in [-0.2, 0) is 9.59 Å². The van der Waals surface area contributed by atoms with E-state index in [4.69, 9.17) is 14.2 Å². The maximum atomic E-state index is 12.1. The summed E-state index contributed by atoms with van der Waals surface area (Å²) in [7, 11) is 3.00. The maximum absolute atomic E-state index is 12.1. The molecule has 0 atom stereocenters. The number of amides is 2. The highest BCUT2D eigenvalue weighted by atomic mass is 16.5. The molecular formula is C18H20N2O5. The number of anilines is 2. The van der Waals surface area contributed by atoms with Gasteiger partial charge in [0, 0.05) is 11.8 Å². The number of carbonyl (C=O) groups is 2. The van der Waals surface area contributed by atoms with Crippen LogP contribution in [-0.4, -0.2) is 32.6 Å². The molecule has 0 radical (unpaired) electrons. The molecule has 0 fully saturated rings. The van der Waals surface area contributed by atoms with Crippen LogP contribution in [0.2, 0.25) is 0 Å². The summed E-state index contributed by atoms with van der Waals surface area (Å²) in [5, 5.41) is 5.05. The summed E-state index contributed by atoms with van der Waals surface area (Å²) in [6, 6.07) is 11.7. The lowest BCUT2D eigenvalue weighted by Gasteiger charge is -2.12. The molecule has 0 aromatic heterocycles. The van der Waals surface area contributed by atoms with Crippen molar-refractivity contribution in [2.45, 2.75) is 6.92 Å². The summed E-state index contributed by atoms with van der Waals surface area (Å²) in [5.74, 6) is -0.143. The first kappa shape index (κ1) is 18.1. The van der Waals surface area contributed by atoms with Crippen molar-refractivity contribution in [3.63, 3.8) is 0 Å². The van der Waals surface area contributed by atoms with Crippen LogP contribution in [0.15, 0.2) is 42.5 Å². The Hall–Kier alpha value is -3.22. The van der Waals surface area contributed by atoms with Crippen molar-refractivity contribution in [1.82, 2.24) is 0 Å². The topological polar surface area (TPSA) is 85.9 Å². The number of carbonyl (C=O) groups excluding carboxylic acids is 2. The van der Waals surface area contributed by atoms with E-state index in [1.165, 1.54) is 14.2 Å². The van der Waals surface area contributed by atoms with Gasteiger partial charge < -0.3 is 24.8 Å². The molecule has 7 nitrogen and oxygen atoms in total. The highest BCUT2D eigenvalue weighted by molar-refractivity contribution is 6.43. The fourth-order valence-corrected chi connectivity index (χ4v) is 2.13. The third-order valence-corrected chi connectivity index (χ3v) is 3.28. The standard InChI is InChI=1S/C18H20N2O5/c1-4-25-14-8-6-5-7-13(14)20-18(22)17(21)19-12-9-10-15(23-2)16(11-12)24-3/h5-11H,4H2,1-3H3,(H,19,21)(H,20,22). The Morgan fingerprint density at radius 2 is 1.56 bits per heavy atom. The molecule has 0 saturated heterocycles. The summed E-state index contributed by atoms with van der Waals surface area (Å²) in [6.45, 7) is 2.28. The average molecular weight is 344 g/mol. The number of hydrogen-bond donors (Lipinski definition) is 2. The number of para-hydroxylation sites is 2. The van der Waals surface area contributed by atoms with E-state index in [0.29, 0.717) is 35.2 Å². The van der Waals surface area contributed by atoms with E-state index < -0.39 is 11.8 Å². The van der Waals surface area contributed by atoms with Crippen molar-refractivity contribution in [1.29, 1.82) is 0 Å². The Morgan fingerprint density at radius 1 is 0.880 bits per heavy atom. The van der Waals surface area contributed by atoms with E-state index in [2.05, 4.69) is 10.6 Å².